The fraction of sp³-hybridized carbons (Fsp3) is 0.444. The summed E-state index contributed by atoms with van der Waals surface area (Å²) < 4.78 is 1.91. The van der Waals surface area contributed by atoms with E-state index in [2.05, 4.69) is 5.32 Å². The van der Waals surface area contributed by atoms with Gasteiger partial charge in [0.1, 0.15) is 5.82 Å². The summed E-state index contributed by atoms with van der Waals surface area (Å²) >= 11 is 0. The molecule has 1 aromatic heterocycles. The number of hydrogen-bond donors (Lipinski definition) is 1. The Labute approximate surface area is 130 Å². The van der Waals surface area contributed by atoms with Crippen molar-refractivity contribution in [3.8, 4) is 5.69 Å². The number of amides is 1. The van der Waals surface area contributed by atoms with Crippen molar-refractivity contribution in [3.63, 3.8) is 0 Å². The molecule has 0 saturated heterocycles. The third kappa shape index (κ3) is 2.32. The molecule has 4 nitrogen and oxygen atoms in total. The molecule has 0 bridgehead atoms. The monoisotopic (exact) mass is 295 g/mol. The molecule has 114 valence electrons. The molecular formula is C18H21N3O. The van der Waals surface area contributed by atoms with Gasteiger partial charge < -0.3 is 5.32 Å². The molecule has 1 amide bonds. The lowest BCUT2D eigenvalue weighted by Crippen LogP contribution is -2.22. The van der Waals surface area contributed by atoms with E-state index in [1.807, 2.05) is 35.0 Å². The first-order chi connectivity index (χ1) is 10.8. The van der Waals surface area contributed by atoms with Gasteiger partial charge in [0.2, 0.25) is 5.91 Å². The molecule has 4 rings (SSSR count). The molecule has 1 saturated carbocycles. The topological polar surface area (TPSA) is 46.9 Å². The van der Waals surface area contributed by atoms with E-state index in [0.717, 1.165) is 49.3 Å². The van der Waals surface area contributed by atoms with E-state index in [0.29, 0.717) is 0 Å². The van der Waals surface area contributed by atoms with E-state index in [4.69, 9.17) is 5.10 Å². The van der Waals surface area contributed by atoms with Crippen LogP contribution >= 0.6 is 0 Å². The standard InChI is InChI=1S/C18H21N3O/c22-18(13-7-4-5-8-13)19-17-15-11-6-12-16(15)20-21(17)14-9-2-1-3-10-14/h1-3,9-10,13H,4-8,11-12H2,(H,19,22). The molecule has 2 aliphatic rings. The van der Waals surface area contributed by atoms with Gasteiger partial charge in [0, 0.05) is 11.5 Å². The van der Waals surface area contributed by atoms with Crippen LogP contribution in [0.15, 0.2) is 30.3 Å². The van der Waals surface area contributed by atoms with Crippen molar-refractivity contribution < 1.29 is 4.79 Å². The third-order valence-electron chi connectivity index (χ3n) is 4.88. The van der Waals surface area contributed by atoms with Crippen LogP contribution in [0, 0.1) is 5.92 Å². The average molecular weight is 295 g/mol. The first-order valence-electron chi connectivity index (χ1n) is 8.30. The Bertz CT molecular complexity index is 684. The molecule has 0 spiro atoms. The number of carbonyl (C=O) groups excluding carboxylic acids is 1. The van der Waals surface area contributed by atoms with E-state index in [1.54, 1.807) is 0 Å². The highest BCUT2D eigenvalue weighted by Gasteiger charge is 2.28. The van der Waals surface area contributed by atoms with Crippen LogP contribution in [0.3, 0.4) is 0 Å². The summed E-state index contributed by atoms with van der Waals surface area (Å²) in [5.41, 5.74) is 3.39. The van der Waals surface area contributed by atoms with Gasteiger partial charge in [-0.1, -0.05) is 31.0 Å². The van der Waals surface area contributed by atoms with Gasteiger partial charge in [0.15, 0.2) is 0 Å². The van der Waals surface area contributed by atoms with Crippen molar-refractivity contribution in [1.29, 1.82) is 0 Å². The maximum Gasteiger partial charge on any atom is 0.228 e. The average Bonchev–Trinajstić information content (AvgIpc) is 3.26. The minimum atomic E-state index is 0.171. The van der Waals surface area contributed by atoms with E-state index in [-0.39, 0.29) is 11.8 Å². The van der Waals surface area contributed by atoms with Crippen molar-refractivity contribution in [1.82, 2.24) is 9.78 Å². The first kappa shape index (κ1) is 13.6. The number of aromatic nitrogens is 2. The Balaban J connectivity index is 1.69. The Hall–Kier alpha value is -2.10. The number of para-hydroxylation sites is 1. The minimum absolute atomic E-state index is 0.171. The number of aryl methyl sites for hydroxylation is 1. The van der Waals surface area contributed by atoms with Crippen molar-refractivity contribution in [3.05, 3.63) is 41.6 Å². The van der Waals surface area contributed by atoms with Crippen LogP contribution < -0.4 is 5.32 Å². The first-order valence-corrected chi connectivity index (χ1v) is 8.30. The molecule has 0 aliphatic heterocycles. The number of nitrogens with one attached hydrogen (secondary N) is 1. The fourth-order valence-corrected chi connectivity index (χ4v) is 3.68. The molecule has 1 aromatic carbocycles. The Kier molecular flexibility index (Phi) is 3.45. The van der Waals surface area contributed by atoms with Gasteiger partial charge in [-0.2, -0.15) is 5.10 Å². The van der Waals surface area contributed by atoms with Crippen molar-refractivity contribution >= 4 is 11.7 Å². The van der Waals surface area contributed by atoms with Gasteiger partial charge in [-0.15, -0.1) is 0 Å². The van der Waals surface area contributed by atoms with E-state index < -0.39 is 0 Å². The van der Waals surface area contributed by atoms with Crippen LogP contribution in [0.1, 0.15) is 43.4 Å². The number of nitrogens with zero attached hydrogens (tertiary/aromatic N) is 2. The zero-order chi connectivity index (χ0) is 14.9. The van der Waals surface area contributed by atoms with Gasteiger partial charge in [0.25, 0.3) is 0 Å². The molecule has 1 heterocycles. The largest absolute Gasteiger partial charge is 0.310 e. The summed E-state index contributed by atoms with van der Waals surface area (Å²) in [4.78, 5) is 12.5. The van der Waals surface area contributed by atoms with Crippen LogP contribution in [0.5, 0.6) is 0 Å². The van der Waals surface area contributed by atoms with Gasteiger partial charge >= 0.3 is 0 Å². The molecule has 0 unspecified atom stereocenters. The van der Waals surface area contributed by atoms with Crippen LogP contribution in [0.4, 0.5) is 5.82 Å². The fourth-order valence-electron chi connectivity index (χ4n) is 3.68. The second kappa shape index (κ2) is 5.59. The lowest BCUT2D eigenvalue weighted by Gasteiger charge is -2.14. The zero-order valence-corrected chi connectivity index (χ0v) is 12.7. The maximum atomic E-state index is 12.5. The normalized spacial score (nSPS) is 17.6. The Morgan fingerprint density at radius 2 is 1.86 bits per heavy atom. The van der Waals surface area contributed by atoms with Gasteiger partial charge in [-0.05, 0) is 44.2 Å². The Morgan fingerprint density at radius 3 is 2.64 bits per heavy atom. The summed E-state index contributed by atoms with van der Waals surface area (Å²) in [5, 5.41) is 7.94. The van der Waals surface area contributed by atoms with Crippen molar-refractivity contribution in [2.45, 2.75) is 44.9 Å². The summed E-state index contributed by atoms with van der Waals surface area (Å²) in [6.07, 6.45) is 7.56. The number of fused-ring (bicyclic) bond motifs is 1. The van der Waals surface area contributed by atoms with Gasteiger partial charge in [-0.3, -0.25) is 4.79 Å². The number of benzene rings is 1. The highest BCUT2D eigenvalue weighted by atomic mass is 16.2. The van der Waals surface area contributed by atoms with E-state index in [9.17, 15) is 4.79 Å². The second-order valence-corrected chi connectivity index (χ2v) is 6.35. The van der Waals surface area contributed by atoms with E-state index >= 15 is 0 Å². The summed E-state index contributed by atoms with van der Waals surface area (Å²) in [5.74, 6) is 1.25. The molecule has 22 heavy (non-hydrogen) atoms. The Morgan fingerprint density at radius 1 is 1.09 bits per heavy atom. The smallest absolute Gasteiger partial charge is 0.228 e. The molecule has 2 aliphatic carbocycles. The molecule has 1 N–H and O–H groups in total. The zero-order valence-electron chi connectivity index (χ0n) is 12.7. The predicted octanol–water partition coefficient (Wildman–Crippen LogP) is 3.49. The third-order valence-corrected chi connectivity index (χ3v) is 4.88. The summed E-state index contributed by atoms with van der Waals surface area (Å²) in [6.45, 7) is 0. The number of carbonyl (C=O) groups is 1. The maximum absolute atomic E-state index is 12.5. The van der Waals surface area contributed by atoms with Gasteiger partial charge in [-0.25, -0.2) is 4.68 Å². The van der Waals surface area contributed by atoms with E-state index in [1.165, 1.54) is 18.4 Å². The van der Waals surface area contributed by atoms with Crippen molar-refractivity contribution in [2.24, 2.45) is 5.92 Å². The molecule has 0 atom stereocenters. The SMILES string of the molecule is O=C(Nc1c2c(nn1-c1ccccc1)CCC2)C1CCCC1. The summed E-state index contributed by atoms with van der Waals surface area (Å²) in [7, 11) is 0. The minimum Gasteiger partial charge on any atom is -0.310 e. The molecular weight excluding hydrogens is 274 g/mol. The van der Waals surface area contributed by atoms with Gasteiger partial charge in [0.05, 0.1) is 11.4 Å². The highest BCUT2D eigenvalue weighted by Crippen LogP contribution is 2.32. The lowest BCUT2D eigenvalue weighted by atomic mass is 10.1. The number of hydrogen-bond acceptors (Lipinski definition) is 2. The number of rotatable bonds is 3. The number of anilines is 1. The molecule has 0 radical (unpaired) electrons. The molecule has 4 heteroatoms. The second-order valence-electron chi connectivity index (χ2n) is 6.35. The van der Waals surface area contributed by atoms with Crippen molar-refractivity contribution in [2.75, 3.05) is 5.32 Å². The van der Waals surface area contributed by atoms with Crippen LogP contribution in [0.25, 0.3) is 5.69 Å². The summed E-state index contributed by atoms with van der Waals surface area (Å²) in [6, 6.07) is 10.1. The lowest BCUT2D eigenvalue weighted by molar-refractivity contribution is -0.119. The highest BCUT2D eigenvalue weighted by molar-refractivity contribution is 5.93. The molecule has 1 fully saturated rings. The van der Waals surface area contributed by atoms with Crippen LogP contribution in [0.2, 0.25) is 0 Å². The quantitative estimate of drug-likeness (QED) is 0.942. The van der Waals surface area contributed by atoms with Crippen LogP contribution in [-0.4, -0.2) is 15.7 Å². The predicted molar refractivity (Wildman–Crippen MR) is 86.2 cm³/mol. The molecule has 2 aromatic rings. The van der Waals surface area contributed by atoms with Crippen LogP contribution in [-0.2, 0) is 17.6 Å².